The molecule has 2 heterocycles. The summed E-state index contributed by atoms with van der Waals surface area (Å²) < 4.78 is 16.7. The number of ether oxygens (including phenoxy) is 2. The van der Waals surface area contributed by atoms with Crippen molar-refractivity contribution in [1.29, 1.82) is 0 Å². The van der Waals surface area contributed by atoms with Gasteiger partial charge in [0, 0.05) is 24.0 Å². The van der Waals surface area contributed by atoms with Crippen LogP contribution in [0.3, 0.4) is 0 Å². The lowest BCUT2D eigenvalue weighted by molar-refractivity contribution is -0.144. The highest BCUT2D eigenvalue weighted by Gasteiger charge is 2.27. The summed E-state index contributed by atoms with van der Waals surface area (Å²) in [5, 5.41) is 0.779. The highest BCUT2D eigenvalue weighted by atomic mass is 35.5. The highest BCUT2D eigenvalue weighted by molar-refractivity contribution is 6.31. The normalized spacial score (nSPS) is 12.9. The number of carbonyl (C=O) groups is 2. The van der Waals surface area contributed by atoms with E-state index in [1.807, 2.05) is 25.1 Å². The molecule has 220 valence electrons. The topological polar surface area (TPSA) is 89.3 Å². The van der Waals surface area contributed by atoms with Crippen molar-refractivity contribution < 1.29 is 23.5 Å². The van der Waals surface area contributed by atoms with Gasteiger partial charge < -0.3 is 23.7 Å². The number of fused-ring (bicyclic) bond motifs is 2. The number of amides is 2. The molecule has 1 aromatic heterocycles. The third kappa shape index (κ3) is 7.61. The van der Waals surface area contributed by atoms with Crippen LogP contribution in [0.15, 0.2) is 51.9 Å². The standard InChI is InChI=1S/C32H39ClN2O6/c1-4-7-9-23(6-3)32(38)34(14-8-5-2)19-30(36)35(17-22-10-12-28-29(15-22)41-21-40-28)18-24-20-39-27-13-11-25(33)16-26(27)31(24)37/h10-13,15-16,20,23H,4-9,14,17-19,21H2,1-3H3. The summed E-state index contributed by atoms with van der Waals surface area (Å²) in [7, 11) is 0. The SMILES string of the molecule is CCCCC(CC)C(=O)N(CCCC)CC(=O)N(Cc1ccc2c(c1)OCO2)Cc1coc2ccc(Cl)cc2c1=O. The van der Waals surface area contributed by atoms with Crippen LogP contribution in [0.5, 0.6) is 11.5 Å². The summed E-state index contributed by atoms with van der Waals surface area (Å²) in [6.07, 6.45) is 6.64. The van der Waals surface area contributed by atoms with E-state index in [-0.39, 0.29) is 49.6 Å². The zero-order chi connectivity index (χ0) is 29.4. The molecule has 0 aliphatic carbocycles. The van der Waals surface area contributed by atoms with Gasteiger partial charge in [0.15, 0.2) is 16.9 Å². The van der Waals surface area contributed by atoms with Gasteiger partial charge in [-0.1, -0.05) is 57.7 Å². The second kappa shape index (κ2) is 14.4. The van der Waals surface area contributed by atoms with Crippen molar-refractivity contribution in [3.63, 3.8) is 0 Å². The van der Waals surface area contributed by atoms with E-state index in [4.69, 9.17) is 25.5 Å². The number of hydrogen-bond acceptors (Lipinski definition) is 6. The zero-order valence-electron chi connectivity index (χ0n) is 24.1. The van der Waals surface area contributed by atoms with E-state index in [1.165, 1.54) is 6.26 Å². The first-order valence-corrected chi connectivity index (χ1v) is 14.9. The van der Waals surface area contributed by atoms with E-state index in [2.05, 4.69) is 13.8 Å². The maximum Gasteiger partial charge on any atom is 0.242 e. The molecule has 41 heavy (non-hydrogen) atoms. The molecule has 0 radical (unpaired) electrons. The molecule has 1 unspecified atom stereocenters. The maximum atomic E-state index is 13.9. The molecule has 3 aromatic rings. The average Bonchev–Trinajstić information content (AvgIpc) is 3.44. The first-order valence-electron chi connectivity index (χ1n) is 14.5. The largest absolute Gasteiger partial charge is 0.464 e. The Labute approximate surface area is 246 Å². The number of hydrogen-bond donors (Lipinski definition) is 0. The molecule has 1 atom stereocenters. The van der Waals surface area contributed by atoms with Gasteiger partial charge in [-0.05, 0) is 55.2 Å². The lowest BCUT2D eigenvalue weighted by atomic mass is 9.97. The fraction of sp³-hybridized carbons (Fsp3) is 0.469. The summed E-state index contributed by atoms with van der Waals surface area (Å²) in [5.41, 5.74) is 1.32. The fourth-order valence-electron chi connectivity index (χ4n) is 5.04. The van der Waals surface area contributed by atoms with Gasteiger partial charge in [0.25, 0.3) is 0 Å². The minimum absolute atomic E-state index is 0.0148. The Morgan fingerprint density at radius 3 is 2.49 bits per heavy atom. The van der Waals surface area contributed by atoms with Crippen LogP contribution in [-0.4, -0.2) is 41.5 Å². The molecule has 4 rings (SSSR count). The van der Waals surface area contributed by atoms with E-state index in [1.54, 1.807) is 28.0 Å². The van der Waals surface area contributed by atoms with Gasteiger partial charge in [0.2, 0.25) is 18.6 Å². The van der Waals surface area contributed by atoms with Crippen molar-refractivity contribution in [2.75, 3.05) is 19.9 Å². The van der Waals surface area contributed by atoms with Crippen LogP contribution in [0.2, 0.25) is 5.02 Å². The van der Waals surface area contributed by atoms with Crippen LogP contribution < -0.4 is 14.9 Å². The number of rotatable bonds is 14. The molecule has 0 spiro atoms. The zero-order valence-corrected chi connectivity index (χ0v) is 24.9. The molecule has 2 aromatic carbocycles. The van der Waals surface area contributed by atoms with Gasteiger partial charge in [-0.2, -0.15) is 0 Å². The summed E-state index contributed by atoms with van der Waals surface area (Å²) in [5.74, 6) is 0.914. The fourth-order valence-corrected chi connectivity index (χ4v) is 5.21. The summed E-state index contributed by atoms with van der Waals surface area (Å²) in [6.45, 7) is 7.03. The number of halogens is 1. The van der Waals surface area contributed by atoms with E-state index in [0.29, 0.717) is 39.6 Å². The number of nitrogens with zero attached hydrogens (tertiary/aromatic N) is 2. The first-order chi connectivity index (χ1) is 19.8. The van der Waals surface area contributed by atoms with Gasteiger partial charge in [-0.15, -0.1) is 0 Å². The third-order valence-corrected chi connectivity index (χ3v) is 7.73. The lowest BCUT2D eigenvalue weighted by Crippen LogP contribution is -2.45. The summed E-state index contributed by atoms with van der Waals surface area (Å²) in [6, 6.07) is 10.4. The third-order valence-electron chi connectivity index (χ3n) is 7.50. The van der Waals surface area contributed by atoms with Crippen molar-refractivity contribution in [2.45, 2.75) is 72.4 Å². The highest BCUT2D eigenvalue weighted by Crippen LogP contribution is 2.33. The van der Waals surface area contributed by atoms with Gasteiger partial charge in [0.1, 0.15) is 5.58 Å². The van der Waals surface area contributed by atoms with Crippen molar-refractivity contribution in [1.82, 2.24) is 9.80 Å². The first kappa shape index (κ1) is 30.4. The minimum atomic E-state index is -0.248. The Kier molecular flexibility index (Phi) is 10.7. The Bertz CT molecular complexity index is 1420. The second-order valence-electron chi connectivity index (χ2n) is 10.5. The average molecular weight is 583 g/mol. The molecule has 0 N–H and O–H groups in total. The van der Waals surface area contributed by atoms with Crippen molar-refractivity contribution in [2.24, 2.45) is 5.92 Å². The number of benzene rings is 2. The lowest BCUT2D eigenvalue weighted by Gasteiger charge is -2.30. The molecule has 0 saturated heterocycles. The van der Waals surface area contributed by atoms with Gasteiger partial charge in [-0.3, -0.25) is 14.4 Å². The van der Waals surface area contributed by atoms with E-state index in [0.717, 1.165) is 44.1 Å². The van der Waals surface area contributed by atoms with Crippen LogP contribution in [0.4, 0.5) is 0 Å². The van der Waals surface area contributed by atoms with Crippen LogP contribution >= 0.6 is 11.6 Å². The predicted octanol–water partition coefficient (Wildman–Crippen LogP) is 6.55. The predicted molar refractivity (Wildman–Crippen MR) is 159 cm³/mol. The van der Waals surface area contributed by atoms with Crippen molar-refractivity contribution >= 4 is 34.4 Å². The number of carbonyl (C=O) groups excluding carboxylic acids is 2. The maximum absolute atomic E-state index is 13.9. The second-order valence-corrected chi connectivity index (χ2v) is 11.0. The Hall–Kier alpha value is -3.52. The Morgan fingerprint density at radius 2 is 1.73 bits per heavy atom. The van der Waals surface area contributed by atoms with Crippen molar-refractivity contribution in [3.05, 3.63) is 69.0 Å². The molecule has 0 bridgehead atoms. The Morgan fingerprint density at radius 1 is 0.951 bits per heavy atom. The van der Waals surface area contributed by atoms with E-state index >= 15 is 0 Å². The number of unbranched alkanes of at least 4 members (excludes halogenated alkanes) is 2. The van der Waals surface area contributed by atoms with E-state index in [9.17, 15) is 14.4 Å². The molecule has 1 aliphatic heterocycles. The molecule has 0 fully saturated rings. The summed E-state index contributed by atoms with van der Waals surface area (Å²) >= 11 is 6.15. The smallest absolute Gasteiger partial charge is 0.242 e. The molecule has 8 nitrogen and oxygen atoms in total. The monoisotopic (exact) mass is 582 g/mol. The minimum Gasteiger partial charge on any atom is -0.464 e. The molecular weight excluding hydrogens is 544 g/mol. The Balaban J connectivity index is 1.63. The van der Waals surface area contributed by atoms with E-state index < -0.39 is 0 Å². The van der Waals surface area contributed by atoms with Gasteiger partial charge >= 0.3 is 0 Å². The van der Waals surface area contributed by atoms with Gasteiger partial charge in [-0.25, -0.2) is 0 Å². The van der Waals surface area contributed by atoms with Crippen LogP contribution in [-0.2, 0) is 22.7 Å². The molecule has 2 amide bonds. The molecular formula is C32H39ClN2O6. The van der Waals surface area contributed by atoms with Crippen LogP contribution in [0.1, 0.15) is 70.4 Å². The van der Waals surface area contributed by atoms with Crippen molar-refractivity contribution in [3.8, 4) is 11.5 Å². The molecule has 0 saturated carbocycles. The quantitative estimate of drug-likeness (QED) is 0.214. The molecule has 1 aliphatic rings. The molecule has 9 heteroatoms. The van der Waals surface area contributed by atoms with Gasteiger partial charge in [0.05, 0.1) is 30.3 Å². The summed E-state index contributed by atoms with van der Waals surface area (Å²) in [4.78, 5) is 44.2. The van der Waals surface area contributed by atoms with Crippen LogP contribution in [0.25, 0.3) is 11.0 Å². The van der Waals surface area contributed by atoms with Crippen LogP contribution in [0, 0.1) is 5.92 Å².